The first-order chi connectivity index (χ1) is 7.67. The number of anilines is 1. The molecule has 0 saturated heterocycles. The van der Waals surface area contributed by atoms with Gasteiger partial charge in [-0.15, -0.1) is 0 Å². The van der Waals surface area contributed by atoms with Crippen LogP contribution in [0.1, 0.15) is 13.3 Å². The molecule has 88 valence electrons. The van der Waals surface area contributed by atoms with Gasteiger partial charge < -0.3 is 10.1 Å². The van der Waals surface area contributed by atoms with E-state index in [-0.39, 0.29) is 5.97 Å². The highest BCUT2D eigenvalue weighted by Crippen LogP contribution is 2.04. The lowest BCUT2D eigenvalue weighted by atomic mass is 10.2. The molecule has 1 aromatic heterocycles. The fourth-order valence-electron chi connectivity index (χ4n) is 1.29. The van der Waals surface area contributed by atoms with Crippen LogP contribution >= 0.6 is 0 Å². The zero-order valence-electron chi connectivity index (χ0n) is 9.86. The molecular weight excluding hydrogens is 206 g/mol. The molecule has 0 aliphatic carbocycles. The van der Waals surface area contributed by atoms with E-state index < -0.39 is 0 Å². The predicted octanol–water partition coefficient (Wildman–Crippen LogP) is 1.34. The number of methoxy groups -OCH3 is 1. The third kappa shape index (κ3) is 3.42. The van der Waals surface area contributed by atoms with E-state index >= 15 is 0 Å². The Morgan fingerprint density at radius 2 is 2.44 bits per heavy atom. The molecule has 5 heteroatoms. The first kappa shape index (κ1) is 12.3. The number of hydrogen-bond donors (Lipinski definition) is 1. The van der Waals surface area contributed by atoms with Gasteiger partial charge >= 0.3 is 5.97 Å². The number of esters is 1. The van der Waals surface area contributed by atoms with E-state index in [9.17, 15) is 4.79 Å². The summed E-state index contributed by atoms with van der Waals surface area (Å²) in [5.74, 6) is 0.518. The summed E-state index contributed by atoms with van der Waals surface area (Å²) in [7, 11) is 3.24. The van der Waals surface area contributed by atoms with Gasteiger partial charge in [0, 0.05) is 31.4 Å². The van der Waals surface area contributed by atoms with E-state index in [1.165, 1.54) is 7.11 Å². The van der Waals surface area contributed by atoms with Crippen LogP contribution in [0.2, 0.25) is 0 Å². The first-order valence-corrected chi connectivity index (χ1v) is 5.18. The fourth-order valence-corrected chi connectivity index (χ4v) is 1.29. The second kappa shape index (κ2) is 5.95. The Morgan fingerprint density at radius 3 is 2.94 bits per heavy atom. The van der Waals surface area contributed by atoms with Crippen LogP contribution in [0.15, 0.2) is 23.9 Å². The summed E-state index contributed by atoms with van der Waals surface area (Å²) in [5.41, 5.74) is 0.672. The van der Waals surface area contributed by atoms with Crippen LogP contribution in [0.5, 0.6) is 0 Å². The number of aromatic nitrogens is 2. The maximum atomic E-state index is 11.3. The van der Waals surface area contributed by atoms with Gasteiger partial charge in [0.2, 0.25) is 0 Å². The number of carbonyl (C=O) groups excluding carboxylic acids is 1. The van der Waals surface area contributed by atoms with E-state index in [2.05, 4.69) is 15.2 Å². The highest BCUT2D eigenvalue weighted by atomic mass is 16.5. The Balaban J connectivity index is 2.49. The summed E-state index contributed by atoms with van der Waals surface area (Å²) in [4.78, 5) is 11.3. The van der Waals surface area contributed by atoms with Crippen LogP contribution in [-0.4, -0.2) is 29.4 Å². The summed E-state index contributed by atoms with van der Waals surface area (Å²) < 4.78 is 6.37. The summed E-state index contributed by atoms with van der Waals surface area (Å²) in [6, 6.07) is 1.87. The van der Waals surface area contributed by atoms with Gasteiger partial charge in [0.05, 0.1) is 7.11 Å². The van der Waals surface area contributed by atoms with E-state index in [1.54, 1.807) is 4.68 Å². The number of nitrogens with one attached hydrogen (secondary N) is 1. The summed E-state index contributed by atoms with van der Waals surface area (Å²) in [6.45, 7) is 2.48. The molecule has 0 fully saturated rings. The van der Waals surface area contributed by atoms with E-state index in [4.69, 9.17) is 0 Å². The van der Waals surface area contributed by atoms with Crippen molar-refractivity contribution in [2.75, 3.05) is 19.0 Å². The zero-order valence-corrected chi connectivity index (χ0v) is 9.86. The number of hydrogen-bond acceptors (Lipinski definition) is 4. The molecule has 0 atom stereocenters. The summed E-state index contributed by atoms with van der Waals surface area (Å²) in [6.07, 6.45) is 4.34. The second-order valence-electron chi connectivity index (χ2n) is 3.33. The fraction of sp³-hybridized carbons (Fsp3) is 0.455. The molecule has 1 aromatic rings. The lowest BCUT2D eigenvalue weighted by Crippen LogP contribution is -2.07. The average molecular weight is 223 g/mol. The van der Waals surface area contributed by atoms with Crippen LogP contribution in [0.4, 0.5) is 5.82 Å². The Kier molecular flexibility index (Phi) is 4.57. The van der Waals surface area contributed by atoms with Crippen LogP contribution in [0.25, 0.3) is 0 Å². The minimum Gasteiger partial charge on any atom is -0.466 e. The van der Waals surface area contributed by atoms with Gasteiger partial charge in [0.15, 0.2) is 0 Å². The largest absolute Gasteiger partial charge is 0.466 e. The van der Waals surface area contributed by atoms with Gasteiger partial charge in [0.1, 0.15) is 5.82 Å². The molecule has 0 unspecified atom stereocenters. The number of ether oxygens (including phenoxy) is 1. The minimum atomic E-state index is -0.273. The minimum absolute atomic E-state index is 0.273. The molecular formula is C11H17N3O2. The van der Waals surface area contributed by atoms with E-state index in [0.717, 1.165) is 5.82 Å². The molecule has 5 nitrogen and oxygen atoms in total. The normalized spacial score (nSPS) is 11.3. The Morgan fingerprint density at radius 1 is 1.69 bits per heavy atom. The second-order valence-corrected chi connectivity index (χ2v) is 3.33. The highest BCUT2D eigenvalue weighted by Gasteiger charge is 2.05. The van der Waals surface area contributed by atoms with Crippen molar-refractivity contribution in [2.45, 2.75) is 13.3 Å². The Hall–Kier alpha value is -1.78. The Bertz CT molecular complexity index is 382. The van der Waals surface area contributed by atoms with Gasteiger partial charge in [0.25, 0.3) is 0 Å². The molecule has 1 heterocycles. The molecule has 0 saturated carbocycles. The molecule has 0 bridgehead atoms. The van der Waals surface area contributed by atoms with Gasteiger partial charge in [-0.1, -0.05) is 13.0 Å². The van der Waals surface area contributed by atoms with Crippen LogP contribution in [-0.2, 0) is 16.6 Å². The standard InChI is InChI=1S/C11H17N3O2/c1-4-9(11(15)16-3)5-7-12-10-6-8-14(2)13-10/h5-6,8H,4,7H2,1-3H3,(H,12,13)/b9-5-. The molecule has 1 N–H and O–H groups in total. The van der Waals surface area contributed by atoms with E-state index in [0.29, 0.717) is 18.5 Å². The highest BCUT2D eigenvalue weighted by molar-refractivity contribution is 5.88. The smallest absolute Gasteiger partial charge is 0.333 e. The van der Waals surface area contributed by atoms with Crippen molar-refractivity contribution in [3.63, 3.8) is 0 Å². The van der Waals surface area contributed by atoms with Gasteiger partial charge in [-0.3, -0.25) is 4.68 Å². The SMILES string of the molecule is CC/C(=C/CNc1ccn(C)n1)C(=O)OC. The zero-order chi connectivity index (χ0) is 12.0. The van der Waals surface area contributed by atoms with Crippen molar-refractivity contribution in [2.24, 2.45) is 7.05 Å². The molecule has 1 rings (SSSR count). The topological polar surface area (TPSA) is 56.2 Å². The Labute approximate surface area is 95.1 Å². The van der Waals surface area contributed by atoms with Crippen molar-refractivity contribution >= 4 is 11.8 Å². The van der Waals surface area contributed by atoms with Gasteiger partial charge in [-0.2, -0.15) is 5.10 Å². The quantitative estimate of drug-likeness (QED) is 0.604. The maximum Gasteiger partial charge on any atom is 0.333 e. The predicted molar refractivity (Wildman–Crippen MR) is 62.1 cm³/mol. The monoisotopic (exact) mass is 223 g/mol. The third-order valence-corrected chi connectivity index (χ3v) is 2.17. The number of nitrogens with zero attached hydrogens (tertiary/aromatic N) is 2. The third-order valence-electron chi connectivity index (χ3n) is 2.17. The first-order valence-electron chi connectivity index (χ1n) is 5.18. The molecule has 0 aromatic carbocycles. The molecule has 0 aliphatic rings. The molecule has 0 aliphatic heterocycles. The molecule has 0 amide bonds. The number of carbonyl (C=O) groups is 1. The van der Waals surface area contributed by atoms with Crippen LogP contribution in [0.3, 0.4) is 0 Å². The van der Waals surface area contributed by atoms with Crippen molar-refractivity contribution in [3.05, 3.63) is 23.9 Å². The molecule has 0 radical (unpaired) electrons. The summed E-state index contributed by atoms with van der Waals surface area (Å²) in [5, 5.41) is 7.25. The number of aryl methyl sites for hydroxylation is 1. The lowest BCUT2D eigenvalue weighted by molar-refractivity contribution is -0.136. The van der Waals surface area contributed by atoms with E-state index in [1.807, 2.05) is 32.3 Å². The van der Waals surface area contributed by atoms with Crippen molar-refractivity contribution in [1.29, 1.82) is 0 Å². The van der Waals surface area contributed by atoms with Crippen molar-refractivity contribution in [1.82, 2.24) is 9.78 Å². The van der Waals surface area contributed by atoms with Crippen LogP contribution < -0.4 is 5.32 Å². The summed E-state index contributed by atoms with van der Waals surface area (Å²) >= 11 is 0. The number of rotatable bonds is 5. The van der Waals surface area contributed by atoms with Crippen molar-refractivity contribution < 1.29 is 9.53 Å². The van der Waals surface area contributed by atoms with Gasteiger partial charge in [-0.25, -0.2) is 4.79 Å². The molecule has 0 spiro atoms. The van der Waals surface area contributed by atoms with Crippen molar-refractivity contribution in [3.8, 4) is 0 Å². The van der Waals surface area contributed by atoms with Gasteiger partial charge in [-0.05, 0) is 6.42 Å². The van der Waals surface area contributed by atoms with Crippen LogP contribution in [0, 0.1) is 0 Å². The molecule has 16 heavy (non-hydrogen) atoms. The lowest BCUT2D eigenvalue weighted by Gasteiger charge is -2.03. The maximum absolute atomic E-state index is 11.3. The average Bonchev–Trinajstić information content (AvgIpc) is 2.69.